The molecule has 0 atom stereocenters. The van der Waals surface area contributed by atoms with E-state index in [-0.39, 0.29) is 0 Å². The Kier molecular flexibility index (Phi) is 3.04. The van der Waals surface area contributed by atoms with Gasteiger partial charge in [-0.25, -0.2) is 0 Å². The molecule has 0 aliphatic carbocycles. The molecule has 1 rings (SSSR count). The number of hydrogen-bond acceptors (Lipinski definition) is 3. The normalized spacial score (nSPS) is 9.73. The lowest BCUT2D eigenvalue weighted by Gasteiger charge is -1.94. The van der Waals surface area contributed by atoms with E-state index in [1.54, 1.807) is 18.4 Å². The highest BCUT2D eigenvalue weighted by molar-refractivity contribution is 9.10. The third kappa shape index (κ3) is 2.01. The van der Waals surface area contributed by atoms with Gasteiger partial charge in [-0.1, -0.05) is 0 Å². The zero-order valence-corrected chi connectivity index (χ0v) is 9.40. The Bertz CT molecular complexity index is 260. The van der Waals surface area contributed by atoms with Crippen molar-refractivity contribution in [2.75, 3.05) is 7.11 Å². The monoisotopic (exact) mass is 250 g/mol. The fourth-order valence-electron chi connectivity index (χ4n) is 0.661. The van der Waals surface area contributed by atoms with E-state index in [1.165, 1.54) is 4.88 Å². The van der Waals surface area contributed by atoms with Crippen LogP contribution in [0.5, 0.6) is 0 Å². The molecule has 4 heteroatoms. The van der Waals surface area contributed by atoms with E-state index in [0.717, 1.165) is 9.35 Å². The van der Waals surface area contributed by atoms with Crippen molar-refractivity contribution in [1.82, 2.24) is 0 Å². The molecule has 0 aliphatic heterocycles. The largest absolute Gasteiger partial charge is 0.486 e. The summed E-state index contributed by atoms with van der Waals surface area (Å²) in [6.45, 7) is 2.04. The van der Waals surface area contributed by atoms with Crippen LogP contribution in [-0.2, 0) is 4.74 Å². The molecule has 0 aromatic carbocycles. The Morgan fingerprint density at radius 2 is 2.36 bits per heavy atom. The van der Waals surface area contributed by atoms with Crippen LogP contribution in [0.15, 0.2) is 10.5 Å². The van der Waals surface area contributed by atoms with Crippen LogP contribution >= 0.6 is 39.5 Å². The lowest BCUT2D eigenvalue weighted by molar-refractivity contribution is 0.417. The van der Waals surface area contributed by atoms with Gasteiger partial charge in [-0.15, -0.1) is 11.3 Å². The Morgan fingerprint density at radius 3 is 2.73 bits per heavy atom. The third-order valence-electron chi connectivity index (χ3n) is 1.24. The van der Waals surface area contributed by atoms with Gasteiger partial charge in [0.1, 0.15) is 0 Å². The Morgan fingerprint density at radius 1 is 1.73 bits per heavy atom. The summed E-state index contributed by atoms with van der Waals surface area (Å²) in [5, 5.41) is 0.559. The zero-order valence-electron chi connectivity index (χ0n) is 6.18. The minimum Gasteiger partial charge on any atom is -0.486 e. The van der Waals surface area contributed by atoms with E-state index < -0.39 is 0 Å². The van der Waals surface area contributed by atoms with Crippen LogP contribution in [0.25, 0.3) is 0 Å². The molecule has 0 unspecified atom stereocenters. The minimum atomic E-state index is 0.559. The molecule has 0 saturated heterocycles. The molecular formula is C7H7BrOS2. The summed E-state index contributed by atoms with van der Waals surface area (Å²) in [6, 6.07) is 1.98. The van der Waals surface area contributed by atoms with Crippen LogP contribution in [0.1, 0.15) is 9.75 Å². The maximum absolute atomic E-state index is 4.96. The smallest absolute Gasteiger partial charge is 0.201 e. The summed E-state index contributed by atoms with van der Waals surface area (Å²) in [5.41, 5.74) is 0. The molecule has 1 aromatic rings. The van der Waals surface area contributed by atoms with Crippen molar-refractivity contribution in [1.29, 1.82) is 0 Å². The lowest BCUT2D eigenvalue weighted by atomic mass is 10.4. The van der Waals surface area contributed by atoms with Crippen LogP contribution < -0.4 is 0 Å². The van der Waals surface area contributed by atoms with E-state index in [9.17, 15) is 0 Å². The highest BCUT2D eigenvalue weighted by Gasteiger charge is 2.06. The van der Waals surface area contributed by atoms with Gasteiger partial charge in [-0.05, 0) is 41.1 Å². The van der Waals surface area contributed by atoms with E-state index in [4.69, 9.17) is 17.0 Å². The van der Waals surface area contributed by atoms with Crippen LogP contribution in [0, 0.1) is 6.92 Å². The lowest BCUT2D eigenvalue weighted by Crippen LogP contribution is -1.94. The quantitative estimate of drug-likeness (QED) is 0.709. The average Bonchev–Trinajstić information content (AvgIpc) is 2.31. The second-order valence-electron chi connectivity index (χ2n) is 2.01. The van der Waals surface area contributed by atoms with E-state index >= 15 is 0 Å². The van der Waals surface area contributed by atoms with Gasteiger partial charge in [0.25, 0.3) is 0 Å². The van der Waals surface area contributed by atoms with Gasteiger partial charge in [0.15, 0.2) is 0 Å². The summed E-state index contributed by atoms with van der Waals surface area (Å²) >= 11 is 10.0. The van der Waals surface area contributed by atoms with Gasteiger partial charge in [0.05, 0.1) is 12.0 Å². The molecular weight excluding hydrogens is 244 g/mol. The number of rotatable bonds is 1. The van der Waals surface area contributed by atoms with Crippen LogP contribution in [0.2, 0.25) is 0 Å². The van der Waals surface area contributed by atoms with Crippen molar-refractivity contribution in [3.8, 4) is 0 Å². The fourth-order valence-corrected chi connectivity index (χ4v) is 2.30. The van der Waals surface area contributed by atoms with Crippen LogP contribution in [-0.4, -0.2) is 12.2 Å². The third-order valence-corrected chi connectivity index (χ3v) is 3.89. The summed E-state index contributed by atoms with van der Waals surface area (Å²) in [7, 11) is 1.59. The molecule has 0 bridgehead atoms. The van der Waals surface area contributed by atoms with Gasteiger partial charge in [0.2, 0.25) is 5.05 Å². The molecule has 0 fully saturated rings. The molecule has 0 N–H and O–H groups in total. The molecule has 1 heterocycles. The first-order valence-corrected chi connectivity index (χ1v) is 5.01. The fraction of sp³-hybridized carbons (Fsp3) is 0.286. The van der Waals surface area contributed by atoms with Gasteiger partial charge >= 0.3 is 0 Å². The maximum Gasteiger partial charge on any atom is 0.201 e. The van der Waals surface area contributed by atoms with Gasteiger partial charge in [-0.3, -0.25) is 0 Å². The second-order valence-corrected chi connectivity index (χ2v) is 4.49. The number of methoxy groups -OCH3 is 1. The molecule has 0 spiro atoms. The molecule has 60 valence electrons. The molecule has 0 saturated carbocycles. The van der Waals surface area contributed by atoms with Gasteiger partial charge in [0, 0.05) is 9.35 Å². The second kappa shape index (κ2) is 3.65. The van der Waals surface area contributed by atoms with E-state index in [2.05, 4.69) is 15.9 Å². The number of hydrogen-bond donors (Lipinski definition) is 0. The number of ether oxygens (including phenoxy) is 1. The van der Waals surface area contributed by atoms with Crippen molar-refractivity contribution in [3.05, 3.63) is 20.3 Å². The topological polar surface area (TPSA) is 9.23 Å². The van der Waals surface area contributed by atoms with Crippen molar-refractivity contribution >= 4 is 44.5 Å². The predicted molar refractivity (Wildman–Crippen MR) is 55.5 cm³/mol. The summed E-state index contributed by atoms with van der Waals surface area (Å²) in [4.78, 5) is 2.23. The maximum atomic E-state index is 4.96. The number of thiocarbonyl (C=S) groups is 1. The van der Waals surface area contributed by atoms with Crippen molar-refractivity contribution < 1.29 is 4.74 Å². The molecule has 0 amide bonds. The summed E-state index contributed by atoms with van der Waals surface area (Å²) in [6.07, 6.45) is 0. The van der Waals surface area contributed by atoms with E-state index in [0.29, 0.717) is 5.05 Å². The molecule has 11 heavy (non-hydrogen) atoms. The summed E-state index contributed by atoms with van der Waals surface area (Å²) < 4.78 is 6.02. The van der Waals surface area contributed by atoms with E-state index in [1.807, 2.05) is 13.0 Å². The van der Waals surface area contributed by atoms with Crippen LogP contribution in [0.3, 0.4) is 0 Å². The van der Waals surface area contributed by atoms with Crippen molar-refractivity contribution in [3.63, 3.8) is 0 Å². The first kappa shape index (κ1) is 9.16. The first-order valence-electron chi connectivity index (χ1n) is 2.99. The van der Waals surface area contributed by atoms with Gasteiger partial charge < -0.3 is 4.74 Å². The molecule has 1 nitrogen and oxygen atoms in total. The summed E-state index contributed by atoms with van der Waals surface area (Å²) in [5.74, 6) is 0. The van der Waals surface area contributed by atoms with Crippen molar-refractivity contribution in [2.24, 2.45) is 0 Å². The van der Waals surface area contributed by atoms with Crippen LogP contribution in [0.4, 0.5) is 0 Å². The zero-order chi connectivity index (χ0) is 8.43. The first-order chi connectivity index (χ1) is 5.15. The van der Waals surface area contributed by atoms with Crippen molar-refractivity contribution in [2.45, 2.75) is 6.92 Å². The highest BCUT2D eigenvalue weighted by atomic mass is 79.9. The average molecular weight is 251 g/mol. The Balaban J connectivity index is 2.97. The molecule has 0 aliphatic rings. The predicted octanol–water partition coefficient (Wildman–Crippen LogP) is 3.14. The standard InChI is InChI=1S/C7H7BrOS2/c1-4-5(8)3-6(11-4)7(10)9-2/h3H,1-2H3. The number of halogens is 1. The number of thiophene rings is 1. The Labute approximate surface area is 83.5 Å². The SMILES string of the molecule is COC(=S)c1cc(Br)c(C)s1. The number of aryl methyl sites for hydroxylation is 1. The highest BCUT2D eigenvalue weighted by Crippen LogP contribution is 2.26. The molecule has 1 aromatic heterocycles. The Hall–Kier alpha value is 0.0700. The van der Waals surface area contributed by atoms with Gasteiger partial charge in [-0.2, -0.15) is 0 Å². The minimum absolute atomic E-state index is 0.559. The molecule has 0 radical (unpaired) electrons.